The van der Waals surface area contributed by atoms with Crippen LogP contribution in [0.5, 0.6) is 0 Å². The van der Waals surface area contributed by atoms with Gasteiger partial charge in [0, 0.05) is 11.9 Å². The molecule has 0 aliphatic rings. The Labute approximate surface area is 122 Å². The van der Waals surface area contributed by atoms with Crippen molar-refractivity contribution >= 4 is 17.6 Å². The summed E-state index contributed by atoms with van der Waals surface area (Å²) < 4.78 is 1.34. The molecule has 0 saturated heterocycles. The Bertz CT molecular complexity index is 691. The summed E-state index contributed by atoms with van der Waals surface area (Å²) in [5, 5.41) is 15.6. The van der Waals surface area contributed by atoms with Gasteiger partial charge in [0.1, 0.15) is 6.04 Å². The Morgan fingerprint density at radius 2 is 2.00 bits per heavy atom. The molecule has 21 heavy (non-hydrogen) atoms. The molecule has 1 amide bonds. The molecule has 6 heteroatoms. The number of aromatic carboxylic acids is 1. The maximum absolute atomic E-state index is 12.2. The molecule has 0 aliphatic heterocycles. The molecule has 1 aromatic carbocycles. The number of nitrogens with zero attached hydrogens (tertiary/aromatic N) is 2. The van der Waals surface area contributed by atoms with Crippen LogP contribution >= 0.6 is 0 Å². The van der Waals surface area contributed by atoms with Crippen LogP contribution in [0.25, 0.3) is 0 Å². The van der Waals surface area contributed by atoms with E-state index in [1.54, 1.807) is 6.92 Å². The lowest BCUT2D eigenvalue weighted by Gasteiger charge is -2.15. The molecule has 110 valence electrons. The predicted octanol–water partition coefficient (Wildman–Crippen LogP) is 2.40. The smallest absolute Gasteiger partial charge is 0.356 e. The van der Waals surface area contributed by atoms with Gasteiger partial charge in [0.25, 0.3) is 0 Å². The van der Waals surface area contributed by atoms with Crippen LogP contribution in [0, 0.1) is 13.8 Å². The van der Waals surface area contributed by atoms with E-state index >= 15 is 0 Å². The van der Waals surface area contributed by atoms with E-state index in [2.05, 4.69) is 10.4 Å². The van der Waals surface area contributed by atoms with Gasteiger partial charge in [-0.15, -0.1) is 0 Å². The van der Waals surface area contributed by atoms with E-state index in [1.165, 1.54) is 16.9 Å². The molecule has 1 heterocycles. The van der Waals surface area contributed by atoms with Crippen LogP contribution < -0.4 is 5.32 Å². The van der Waals surface area contributed by atoms with Gasteiger partial charge >= 0.3 is 5.97 Å². The molecule has 0 saturated carbocycles. The van der Waals surface area contributed by atoms with E-state index in [0.717, 1.165) is 16.8 Å². The lowest BCUT2D eigenvalue weighted by Crippen LogP contribution is -2.24. The third kappa shape index (κ3) is 3.10. The van der Waals surface area contributed by atoms with E-state index in [4.69, 9.17) is 5.11 Å². The summed E-state index contributed by atoms with van der Waals surface area (Å²) in [5.41, 5.74) is 2.76. The van der Waals surface area contributed by atoms with Crippen molar-refractivity contribution in [1.82, 2.24) is 9.78 Å². The lowest BCUT2D eigenvalue weighted by atomic mass is 10.1. The topological polar surface area (TPSA) is 84.2 Å². The largest absolute Gasteiger partial charge is 0.476 e. The minimum Gasteiger partial charge on any atom is -0.476 e. The van der Waals surface area contributed by atoms with Gasteiger partial charge in [0.15, 0.2) is 5.69 Å². The molecule has 2 aromatic rings. The molecule has 2 rings (SSSR count). The molecule has 0 spiro atoms. The van der Waals surface area contributed by atoms with E-state index < -0.39 is 12.0 Å². The summed E-state index contributed by atoms with van der Waals surface area (Å²) in [4.78, 5) is 23.0. The maximum atomic E-state index is 12.2. The summed E-state index contributed by atoms with van der Waals surface area (Å²) >= 11 is 0. The van der Waals surface area contributed by atoms with Crippen LogP contribution in [0.1, 0.15) is 34.6 Å². The fourth-order valence-corrected chi connectivity index (χ4v) is 1.91. The van der Waals surface area contributed by atoms with Crippen LogP contribution in [0.2, 0.25) is 0 Å². The van der Waals surface area contributed by atoms with Gasteiger partial charge in [-0.3, -0.25) is 9.48 Å². The molecular weight excluding hydrogens is 270 g/mol. The van der Waals surface area contributed by atoms with Crippen molar-refractivity contribution in [3.8, 4) is 0 Å². The van der Waals surface area contributed by atoms with Crippen molar-refractivity contribution in [1.29, 1.82) is 0 Å². The zero-order valence-electron chi connectivity index (χ0n) is 12.1. The second-order valence-corrected chi connectivity index (χ2v) is 4.90. The highest BCUT2D eigenvalue weighted by molar-refractivity contribution is 5.94. The first-order valence-electron chi connectivity index (χ1n) is 6.55. The molecule has 6 nitrogen and oxygen atoms in total. The summed E-state index contributed by atoms with van der Waals surface area (Å²) in [6, 6.07) is 6.45. The summed E-state index contributed by atoms with van der Waals surface area (Å²) in [6.45, 7) is 5.58. The molecule has 1 atom stereocenters. The first-order valence-corrected chi connectivity index (χ1v) is 6.55. The number of carbonyl (C=O) groups is 2. The number of rotatable bonds is 4. The Morgan fingerprint density at radius 1 is 1.29 bits per heavy atom. The summed E-state index contributed by atoms with van der Waals surface area (Å²) in [5.74, 6) is -1.36. The normalized spacial score (nSPS) is 12.0. The number of hydrogen-bond acceptors (Lipinski definition) is 3. The fourth-order valence-electron chi connectivity index (χ4n) is 1.91. The van der Waals surface area contributed by atoms with Crippen molar-refractivity contribution in [2.45, 2.75) is 26.8 Å². The van der Waals surface area contributed by atoms with Gasteiger partial charge in [0.05, 0.1) is 0 Å². The number of benzene rings is 1. The van der Waals surface area contributed by atoms with Gasteiger partial charge in [-0.1, -0.05) is 12.1 Å². The average molecular weight is 287 g/mol. The molecular formula is C15H17N3O3. The van der Waals surface area contributed by atoms with Crippen molar-refractivity contribution in [2.75, 3.05) is 5.32 Å². The predicted molar refractivity (Wildman–Crippen MR) is 78.4 cm³/mol. The molecule has 0 aliphatic carbocycles. The third-order valence-electron chi connectivity index (χ3n) is 3.47. The number of carbonyl (C=O) groups excluding carboxylic acids is 1. The lowest BCUT2D eigenvalue weighted by molar-refractivity contribution is -0.119. The number of carboxylic acid groups (broad SMARTS) is 1. The number of hydrogen-bond donors (Lipinski definition) is 2. The fraction of sp³-hybridized carbons (Fsp3) is 0.267. The number of carboxylic acids is 1. The Kier molecular flexibility index (Phi) is 4.07. The Hall–Kier alpha value is -2.63. The number of aryl methyl sites for hydroxylation is 1. The van der Waals surface area contributed by atoms with Crippen molar-refractivity contribution < 1.29 is 14.7 Å². The molecule has 1 unspecified atom stereocenters. The molecule has 2 N–H and O–H groups in total. The summed E-state index contributed by atoms with van der Waals surface area (Å²) in [6.07, 6.45) is 1.48. The minimum atomic E-state index is -1.11. The van der Waals surface area contributed by atoms with Gasteiger partial charge in [-0.05, 0) is 44.0 Å². The van der Waals surface area contributed by atoms with Crippen molar-refractivity contribution in [2.24, 2.45) is 0 Å². The van der Waals surface area contributed by atoms with Crippen LogP contribution in [0.3, 0.4) is 0 Å². The SMILES string of the molecule is Cc1cccc(NC(=O)C(C)n2ccc(C(=O)O)n2)c1C. The zero-order valence-corrected chi connectivity index (χ0v) is 12.1. The number of anilines is 1. The Balaban J connectivity index is 2.15. The maximum Gasteiger partial charge on any atom is 0.356 e. The number of nitrogens with one attached hydrogen (secondary N) is 1. The first-order chi connectivity index (χ1) is 9.90. The highest BCUT2D eigenvalue weighted by Crippen LogP contribution is 2.19. The third-order valence-corrected chi connectivity index (χ3v) is 3.47. The average Bonchev–Trinajstić information content (AvgIpc) is 2.93. The van der Waals surface area contributed by atoms with Gasteiger partial charge in [-0.25, -0.2) is 4.79 Å². The first kappa shape index (κ1) is 14.8. The molecule has 0 bridgehead atoms. The van der Waals surface area contributed by atoms with Gasteiger partial charge in [0.2, 0.25) is 5.91 Å². The van der Waals surface area contributed by atoms with E-state index in [1.807, 2.05) is 32.0 Å². The summed E-state index contributed by atoms with van der Waals surface area (Å²) in [7, 11) is 0. The van der Waals surface area contributed by atoms with Gasteiger partial charge < -0.3 is 10.4 Å². The second kappa shape index (κ2) is 5.78. The van der Waals surface area contributed by atoms with Gasteiger partial charge in [-0.2, -0.15) is 5.10 Å². The van der Waals surface area contributed by atoms with E-state index in [0.29, 0.717) is 0 Å². The molecule has 1 aromatic heterocycles. The van der Waals surface area contributed by atoms with Crippen molar-refractivity contribution in [3.05, 3.63) is 47.3 Å². The Morgan fingerprint density at radius 3 is 2.62 bits per heavy atom. The number of aromatic nitrogens is 2. The highest BCUT2D eigenvalue weighted by Gasteiger charge is 2.18. The highest BCUT2D eigenvalue weighted by atomic mass is 16.4. The van der Waals surface area contributed by atoms with Crippen LogP contribution in [-0.4, -0.2) is 26.8 Å². The van der Waals surface area contributed by atoms with E-state index in [-0.39, 0.29) is 11.6 Å². The van der Waals surface area contributed by atoms with Crippen LogP contribution in [-0.2, 0) is 4.79 Å². The number of amides is 1. The van der Waals surface area contributed by atoms with Crippen LogP contribution in [0.4, 0.5) is 5.69 Å². The minimum absolute atomic E-state index is 0.0820. The monoisotopic (exact) mass is 287 g/mol. The van der Waals surface area contributed by atoms with Crippen LogP contribution in [0.15, 0.2) is 30.5 Å². The quantitative estimate of drug-likeness (QED) is 0.904. The van der Waals surface area contributed by atoms with Crippen molar-refractivity contribution in [3.63, 3.8) is 0 Å². The standard InChI is InChI=1S/C15H17N3O3/c1-9-5-4-6-12(10(9)2)16-14(19)11(3)18-8-7-13(17-18)15(20)21/h4-8,11H,1-3H3,(H,16,19)(H,20,21). The molecule has 0 radical (unpaired) electrons. The molecule has 0 fully saturated rings. The second-order valence-electron chi connectivity index (χ2n) is 4.90. The van der Waals surface area contributed by atoms with E-state index in [9.17, 15) is 9.59 Å². The zero-order chi connectivity index (χ0) is 15.6.